The molecule has 0 aromatic heterocycles. The molecule has 0 radical (unpaired) electrons. The number of hydrazine groups is 1. The summed E-state index contributed by atoms with van der Waals surface area (Å²) in [5.41, 5.74) is -1.35. The fourth-order valence-corrected chi connectivity index (χ4v) is 2.32. The van der Waals surface area contributed by atoms with Crippen LogP contribution in [0.1, 0.15) is 11.1 Å². The van der Waals surface area contributed by atoms with E-state index in [1.807, 2.05) is 0 Å². The van der Waals surface area contributed by atoms with E-state index >= 15 is 0 Å². The topological polar surface area (TPSA) is 66.6 Å². The number of carbonyl (C=O) groups is 1. The van der Waals surface area contributed by atoms with Gasteiger partial charge in [0.15, 0.2) is 0 Å². The number of benzene rings is 2. The van der Waals surface area contributed by atoms with Crippen LogP contribution in [0.15, 0.2) is 60.7 Å². The molecule has 0 fully saturated rings. The van der Waals surface area contributed by atoms with Crippen LogP contribution in [0.25, 0.3) is 5.70 Å². The van der Waals surface area contributed by atoms with Crippen LogP contribution in [0.4, 0.5) is 23.2 Å². The molecule has 2 aromatic rings. The highest BCUT2D eigenvalue weighted by molar-refractivity contribution is 6.31. The zero-order valence-corrected chi connectivity index (χ0v) is 14.4. The summed E-state index contributed by atoms with van der Waals surface area (Å²) in [6.45, 7) is 3.33. The third-order valence-electron chi connectivity index (χ3n) is 3.51. The number of carboxylic acid groups (broad SMARTS) is 1. The highest BCUT2D eigenvalue weighted by atomic mass is 35.5. The Bertz CT molecular complexity index is 926. The second kappa shape index (κ2) is 7.81. The summed E-state index contributed by atoms with van der Waals surface area (Å²) >= 11 is 5.71. The van der Waals surface area contributed by atoms with Gasteiger partial charge in [-0.1, -0.05) is 30.3 Å². The molecule has 0 aliphatic carbocycles. The first kappa shape index (κ1) is 20.5. The Kier molecular flexibility index (Phi) is 5.92. The van der Waals surface area contributed by atoms with Gasteiger partial charge in [-0.15, -0.1) is 0 Å². The predicted molar refractivity (Wildman–Crippen MR) is 94.3 cm³/mol. The number of nitrogens with two attached hydrogens (primary N) is 1. The van der Waals surface area contributed by atoms with Crippen molar-refractivity contribution in [3.8, 4) is 0 Å². The van der Waals surface area contributed by atoms with E-state index in [0.29, 0.717) is 0 Å². The first-order valence-corrected chi connectivity index (χ1v) is 7.70. The number of hydrogen-bond acceptors (Lipinski definition) is 3. The maximum Gasteiger partial charge on any atom is 0.416 e. The van der Waals surface area contributed by atoms with Crippen molar-refractivity contribution in [1.29, 1.82) is 0 Å². The summed E-state index contributed by atoms with van der Waals surface area (Å²) in [5, 5.41) is 9.68. The average molecular weight is 401 g/mol. The van der Waals surface area contributed by atoms with Crippen LogP contribution in [-0.4, -0.2) is 11.1 Å². The molecule has 0 amide bonds. The van der Waals surface area contributed by atoms with Gasteiger partial charge in [0.25, 0.3) is 0 Å². The van der Waals surface area contributed by atoms with Crippen LogP contribution in [0, 0.1) is 5.82 Å². The second-order valence-corrected chi connectivity index (χ2v) is 5.81. The summed E-state index contributed by atoms with van der Waals surface area (Å²) in [4.78, 5) is 11.1. The molecule has 0 saturated carbocycles. The number of halogens is 5. The van der Waals surface area contributed by atoms with Gasteiger partial charge in [-0.25, -0.2) is 15.0 Å². The Labute approximate surface area is 156 Å². The molecule has 0 aliphatic heterocycles. The molecule has 9 heteroatoms. The monoisotopic (exact) mass is 400 g/mol. The van der Waals surface area contributed by atoms with Gasteiger partial charge >= 0.3 is 12.1 Å². The van der Waals surface area contributed by atoms with Gasteiger partial charge in [-0.05, 0) is 36.4 Å². The molecule has 0 unspecified atom stereocenters. The van der Waals surface area contributed by atoms with E-state index in [2.05, 4.69) is 6.58 Å². The number of alkyl halides is 3. The lowest BCUT2D eigenvalue weighted by atomic mass is 10.0. The molecule has 3 N–H and O–H groups in total. The minimum absolute atomic E-state index is 0.0184. The molecule has 0 bridgehead atoms. The number of aliphatic carboxylic acids is 1. The van der Waals surface area contributed by atoms with Crippen molar-refractivity contribution in [1.82, 2.24) is 0 Å². The van der Waals surface area contributed by atoms with E-state index < -0.39 is 29.1 Å². The van der Waals surface area contributed by atoms with E-state index in [1.54, 1.807) is 0 Å². The zero-order chi connectivity index (χ0) is 20.4. The van der Waals surface area contributed by atoms with E-state index in [0.717, 1.165) is 41.4 Å². The lowest BCUT2D eigenvalue weighted by molar-refractivity contribution is -0.137. The van der Waals surface area contributed by atoms with Crippen LogP contribution < -0.4 is 10.9 Å². The molecule has 2 rings (SSSR count). The lowest BCUT2D eigenvalue weighted by Gasteiger charge is -2.23. The Balaban J connectivity index is 2.60. The van der Waals surface area contributed by atoms with Gasteiger partial charge in [0.1, 0.15) is 5.82 Å². The van der Waals surface area contributed by atoms with Crippen LogP contribution in [-0.2, 0) is 11.0 Å². The van der Waals surface area contributed by atoms with Crippen molar-refractivity contribution >= 4 is 29.0 Å². The SMILES string of the molecule is C=C(/C=C(/c1cccc(C(F)(F)F)c1)N(N)c1ccc(F)c(Cl)c1)C(=O)O. The number of rotatable bonds is 5. The smallest absolute Gasteiger partial charge is 0.416 e. The van der Waals surface area contributed by atoms with Gasteiger partial charge in [0.2, 0.25) is 0 Å². The summed E-state index contributed by atoms with van der Waals surface area (Å²) in [6, 6.07) is 7.57. The van der Waals surface area contributed by atoms with Crippen molar-refractivity contribution in [2.45, 2.75) is 6.18 Å². The van der Waals surface area contributed by atoms with Gasteiger partial charge in [0.05, 0.1) is 27.5 Å². The van der Waals surface area contributed by atoms with E-state index in [4.69, 9.17) is 22.6 Å². The predicted octanol–water partition coefficient (Wildman–Crippen LogP) is 4.86. The van der Waals surface area contributed by atoms with Crippen LogP contribution in [0.2, 0.25) is 5.02 Å². The molecule has 2 aromatic carbocycles. The standard InChI is InChI=1S/C18H13ClF4N2O2/c1-10(17(26)27)7-16(11-3-2-4-12(8-11)18(21,22)23)25(24)13-5-6-15(20)14(19)9-13/h2-9H,1,24H2,(H,26,27)/b16-7-. The highest BCUT2D eigenvalue weighted by Crippen LogP contribution is 2.33. The molecular formula is C18H13ClF4N2O2. The largest absolute Gasteiger partial charge is 0.478 e. The Morgan fingerprint density at radius 3 is 2.44 bits per heavy atom. The Morgan fingerprint density at radius 2 is 1.89 bits per heavy atom. The van der Waals surface area contributed by atoms with Gasteiger partial charge in [-0.2, -0.15) is 13.2 Å². The first-order chi connectivity index (χ1) is 12.5. The number of anilines is 1. The van der Waals surface area contributed by atoms with E-state index in [9.17, 15) is 22.4 Å². The summed E-state index contributed by atoms with van der Waals surface area (Å²) in [6.07, 6.45) is -3.60. The normalized spacial score (nSPS) is 12.0. The lowest BCUT2D eigenvalue weighted by Crippen LogP contribution is -2.29. The third kappa shape index (κ3) is 4.87. The van der Waals surface area contributed by atoms with Crippen LogP contribution in [0.5, 0.6) is 0 Å². The molecule has 0 heterocycles. The number of hydrogen-bond donors (Lipinski definition) is 2. The summed E-state index contributed by atoms with van der Waals surface area (Å²) in [7, 11) is 0. The zero-order valence-electron chi connectivity index (χ0n) is 13.6. The van der Waals surface area contributed by atoms with E-state index in [1.165, 1.54) is 12.1 Å². The van der Waals surface area contributed by atoms with Crippen molar-refractivity contribution in [3.63, 3.8) is 0 Å². The van der Waals surface area contributed by atoms with Gasteiger partial charge < -0.3 is 5.11 Å². The first-order valence-electron chi connectivity index (χ1n) is 7.32. The molecule has 0 spiro atoms. The minimum atomic E-state index is -4.61. The Hall–Kier alpha value is -2.84. The third-order valence-corrected chi connectivity index (χ3v) is 3.80. The number of nitrogens with zero attached hydrogens (tertiary/aromatic N) is 1. The van der Waals surface area contributed by atoms with Gasteiger partial charge in [0, 0.05) is 5.56 Å². The highest BCUT2D eigenvalue weighted by Gasteiger charge is 2.31. The molecule has 0 saturated heterocycles. The molecule has 0 aliphatic rings. The fraction of sp³-hybridized carbons (Fsp3) is 0.0556. The van der Waals surface area contributed by atoms with Crippen molar-refractivity contribution < 1.29 is 27.5 Å². The summed E-state index contributed by atoms with van der Waals surface area (Å²) in [5.74, 6) is 3.87. The average Bonchev–Trinajstić information content (AvgIpc) is 2.60. The van der Waals surface area contributed by atoms with Crippen LogP contribution in [0.3, 0.4) is 0 Å². The van der Waals surface area contributed by atoms with Crippen molar-refractivity contribution in [2.75, 3.05) is 5.01 Å². The van der Waals surface area contributed by atoms with Crippen molar-refractivity contribution in [3.05, 3.63) is 82.7 Å². The maximum atomic E-state index is 13.4. The molecule has 4 nitrogen and oxygen atoms in total. The summed E-state index contributed by atoms with van der Waals surface area (Å²) < 4.78 is 52.4. The number of carboxylic acids is 1. The molecule has 0 atom stereocenters. The van der Waals surface area contributed by atoms with Crippen molar-refractivity contribution in [2.24, 2.45) is 5.84 Å². The molecule has 27 heavy (non-hydrogen) atoms. The second-order valence-electron chi connectivity index (χ2n) is 5.41. The Morgan fingerprint density at radius 1 is 1.22 bits per heavy atom. The molecular weight excluding hydrogens is 388 g/mol. The quantitative estimate of drug-likeness (QED) is 0.247. The fourth-order valence-electron chi connectivity index (χ4n) is 2.15. The van der Waals surface area contributed by atoms with E-state index in [-0.39, 0.29) is 22.0 Å². The maximum absolute atomic E-state index is 13.4. The molecule has 142 valence electrons. The minimum Gasteiger partial charge on any atom is -0.478 e. The van der Waals surface area contributed by atoms with Gasteiger partial charge in [-0.3, -0.25) is 5.01 Å². The van der Waals surface area contributed by atoms with Crippen LogP contribution >= 0.6 is 11.6 Å².